The van der Waals surface area contributed by atoms with E-state index in [2.05, 4.69) is 31.2 Å². The van der Waals surface area contributed by atoms with Crippen molar-refractivity contribution in [2.45, 2.75) is 63.8 Å². The molecule has 5 rings (SSSR count). The highest BCUT2D eigenvalue weighted by atomic mass is 16.3. The Balaban J connectivity index is 1.73. The van der Waals surface area contributed by atoms with Gasteiger partial charge in [-0.1, -0.05) is 50.5 Å². The number of hydrogen-bond donors (Lipinski definition) is 2. The van der Waals surface area contributed by atoms with Crippen LogP contribution in [0.2, 0.25) is 0 Å². The molecule has 3 aliphatic rings. The fourth-order valence-corrected chi connectivity index (χ4v) is 4.62. The Bertz CT molecular complexity index is 677. The highest BCUT2D eigenvalue weighted by Gasteiger charge is 2.43. The van der Waals surface area contributed by atoms with Gasteiger partial charge in [-0.2, -0.15) is 0 Å². The largest absolute Gasteiger partial charge is 0.494 e. The molecule has 0 spiro atoms. The lowest BCUT2D eigenvalue weighted by Crippen LogP contribution is -2.23. The van der Waals surface area contributed by atoms with Gasteiger partial charge in [0.2, 0.25) is 0 Å². The summed E-state index contributed by atoms with van der Waals surface area (Å²) in [5, 5.41) is 21.5. The average molecular weight is 311 g/mol. The normalized spacial score (nSPS) is 21.3. The Morgan fingerprint density at radius 2 is 1.48 bits per heavy atom. The topological polar surface area (TPSA) is 45.4 Å². The number of unbranched alkanes of at least 4 members (excludes halogenated alkanes) is 3. The molecule has 2 unspecified atom stereocenters. The lowest BCUT2D eigenvalue weighted by molar-refractivity contribution is 0.359. The van der Waals surface area contributed by atoms with Crippen LogP contribution in [0.4, 0.5) is 0 Å². The van der Waals surface area contributed by atoms with Gasteiger partial charge in [0.1, 0.15) is 0 Å². The molecule has 0 aliphatic heterocycles. The maximum Gasteiger partial charge on any atom is 0.198 e. The Morgan fingerprint density at radius 1 is 0.913 bits per heavy atom. The number of benzene rings is 1. The van der Waals surface area contributed by atoms with E-state index in [9.17, 15) is 10.2 Å². The van der Waals surface area contributed by atoms with Crippen LogP contribution in [0.25, 0.3) is 0 Å². The highest BCUT2D eigenvalue weighted by Crippen LogP contribution is 2.58. The van der Waals surface area contributed by atoms with Gasteiger partial charge in [-0.3, -0.25) is 4.57 Å². The fourth-order valence-electron chi connectivity index (χ4n) is 4.62. The molecule has 1 aromatic carbocycles. The molecule has 2 bridgehead atoms. The first-order valence-corrected chi connectivity index (χ1v) is 8.97. The molecule has 3 heteroatoms. The van der Waals surface area contributed by atoms with Gasteiger partial charge in [0, 0.05) is 29.5 Å². The van der Waals surface area contributed by atoms with Gasteiger partial charge < -0.3 is 10.2 Å². The Kier molecular flexibility index (Phi) is 3.59. The molecule has 0 amide bonds. The summed E-state index contributed by atoms with van der Waals surface area (Å²) < 4.78 is 1.75. The summed E-state index contributed by atoms with van der Waals surface area (Å²) in [6.07, 6.45) is 6.69. The predicted molar refractivity (Wildman–Crippen MR) is 91.3 cm³/mol. The zero-order chi connectivity index (χ0) is 16.0. The van der Waals surface area contributed by atoms with Crippen molar-refractivity contribution in [2.75, 3.05) is 0 Å². The number of aromatic hydroxyl groups is 2. The zero-order valence-corrected chi connectivity index (χ0v) is 13.8. The summed E-state index contributed by atoms with van der Waals surface area (Å²) in [4.78, 5) is 0. The van der Waals surface area contributed by atoms with Crippen LogP contribution < -0.4 is 0 Å². The minimum absolute atomic E-state index is 0.244. The van der Waals surface area contributed by atoms with Crippen molar-refractivity contribution in [2.24, 2.45) is 0 Å². The number of rotatable bonds is 5. The van der Waals surface area contributed by atoms with Crippen LogP contribution in [-0.2, 0) is 6.54 Å². The smallest absolute Gasteiger partial charge is 0.198 e. The molecule has 2 N–H and O–H groups in total. The van der Waals surface area contributed by atoms with Gasteiger partial charge in [0.15, 0.2) is 11.8 Å². The van der Waals surface area contributed by atoms with Crippen molar-refractivity contribution in [1.29, 1.82) is 0 Å². The quantitative estimate of drug-likeness (QED) is 0.775. The van der Waals surface area contributed by atoms with Crippen LogP contribution in [0.1, 0.15) is 79.5 Å². The maximum absolute atomic E-state index is 10.8. The molecule has 0 saturated carbocycles. The van der Waals surface area contributed by atoms with Gasteiger partial charge in [0.25, 0.3) is 0 Å². The second-order valence-electron chi connectivity index (χ2n) is 7.00. The molecule has 0 radical (unpaired) electrons. The van der Waals surface area contributed by atoms with Gasteiger partial charge in [0.05, 0.1) is 0 Å². The van der Waals surface area contributed by atoms with Crippen LogP contribution >= 0.6 is 0 Å². The Hall–Kier alpha value is -1.90. The van der Waals surface area contributed by atoms with E-state index in [0.29, 0.717) is 18.3 Å². The van der Waals surface area contributed by atoms with Crippen molar-refractivity contribution in [3.63, 3.8) is 0 Å². The van der Waals surface area contributed by atoms with E-state index in [1.54, 1.807) is 4.57 Å². The van der Waals surface area contributed by atoms with E-state index in [4.69, 9.17) is 0 Å². The monoisotopic (exact) mass is 311 g/mol. The van der Waals surface area contributed by atoms with E-state index < -0.39 is 0 Å². The molecular weight excluding hydrogens is 286 g/mol. The fraction of sp³-hybridized carbons (Fsp3) is 0.500. The van der Waals surface area contributed by atoms with E-state index in [0.717, 1.165) is 36.8 Å². The SMILES string of the molecule is CCCCCCn1c(O)c2c(c1O)C1CCC2c2ccccc21. The third-order valence-electron chi connectivity index (χ3n) is 5.71. The van der Waals surface area contributed by atoms with Gasteiger partial charge in [-0.15, -0.1) is 0 Å². The molecular formula is C20H25NO2. The van der Waals surface area contributed by atoms with Crippen LogP contribution in [0.5, 0.6) is 11.8 Å². The van der Waals surface area contributed by atoms with Crippen molar-refractivity contribution < 1.29 is 10.2 Å². The highest BCUT2D eigenvalue weighted by molar-refractivity contribution is 5.62. The number of fused-ring (bicyclic) bond motifs is 1. The molecule has 2 atom stereocenters. The first-order valence-electron chi connectivity index (χ1n) is 8.97. The summed E-state index contributed by atoms with van der Waals surface area (Å²) in [5.74, 6) is 1.10. The Morgan fingerprint density at radius 3 is 2.00 bits per heavy atom. The minimum Gasteiger partial charge on any atom is -0.494 e. The molecule has 122 valence electrons. The molecule has 2 aromatic rings. The lowest BCUT2D eigenvalue weighted by atomic mass is 9.65. The van der Waals surface area contributed by atoms with Gasteiger partial charge >= 0.3 is 0 Å². The first-order chi connectivity index (χ1) is 11.2. The summed E-state index contributed by atoms with van der Waals surface area (Å²) in [7, 11) is 0. The van der Waals surface area contributed by atoms with Gasteiger partial charge in [-0.25, -0.2) is 0 Å². The summed E-state index contributed by atoms with van der Waals surface area (Å²) in [6, 6.07) is 8.53. The summed E-state index contributed by atoms with van der Waals surface area (Å²) >= 11 is 0. The first kappa shape index (κ1) is 14.7. The molecule has 3 aliphatic carbocycles. The second-order valence-corrected chi connectivity index (χ2v) is 7.00. The molecule has 23 heavy (non-hydrogen) atoms. The second kappa shape index (κ2) is 5.63. The molecule has 1 aromatic heterocycles. The third kappa shape index (κ3) is 2.09. The summed E-state index contributed by atoms with van der Waals surface area (Å²) in [5.41, 5.74) is 4.67. The Labute approximate surface area is 137 Å². The summed E-state index contributed by atoms with van der Waals surface area (Å²) in [6.45, 7) is 2.90. The van der Waals surface area contributed by atoms with Crippen molar-refractivity contribution in [3.05, 3.63) is 46.5 Å². The van der Waals surface area contributed by atoms with Crippen LogP contribution in [0, 0.1) is 0 Å². The maximum atomic E-state index is 10.8. The van der Waals surface area contributed by atoms with Gasteiger partial charge in [-0.05, 0) is 30.4 Å². The minimum atomic E-state index is 0.244. The van der Waals surface area contributed by atoms with Crippen LogP contribution in [-0.4, -0.2) is 14.8 Å². The van der Waals surface area contributed by atoms with Crippen molar-refractivity contribution in [1.82, 2.24) is 4.57 Å². The van der Waals surface area contributed by atoms with E-state index in [-0.39, 0.29) is 11.8 Å². The molecule has 1 heterocycles. The van der Waals surface area contributed by atoms with Crippen molar-refractivity contribution in [3.8, 4) is 11.8 Å². The van der Waals surface area contributed by atoms with E-state index >= 15 is 0 Å². The predicted octanol–water partition coefficient (Wildman–Crippen LogP) is 4.85. The number of hydrogen-bond acceptors (Lipinski definition) is 2. The zero-order valence-electron chi connectivity index (χ0n) is 13.8. The number of nitrogens with zero attached hydrogens (tertiary/aromatic N) is 1. The standard InChI is InChI=1S/C20H25NO2/c1-2-3-4-7-12-21-19(22)17-15-10-11-16(18(17)20(21)23)14-9-6-5-8-13(14)15/h5-6,8-9,15-16,22-23H,2-4,7,10-12H2,1H3. The lowest BCUT2D eigenvalue weighted by Gasteiger charge is -2.38. The average Bonchev–Trinajstić information content (AvgIpc) is 2.85. The number of aromatic nitrogens is 1. The molecule has 0 saturated heterocycles. The molecule has 3 nitrogen and oxygen atoms in total. The van der Waals surface area contributed by atoms with Crippen molar-refractivity contribution >= 4 is 0 Å². The molecule has 0 fully saturated rings. The third-order valence-corrected chi connectivity index (χ3v) is 5.71. The van der Waals surface area contributed by atoms with Crippen LogP contribution in [0.15, 0.2) is 24.3 Å². The van der Waals surface area contributed by atoms with Crippen LogP contribution in [0.3, 0.4) is 0 Å². The van der Waals surface area contributed by atoms with E-state index in [1.807, 2.05) is 0 Å². The van der Waals surface area contributed by atoms with E-state index in [1.165, 1.54) is 24.0 Å².